The van der Waals surface area contributed by atoms with Crippen molar-refractivity contribution in [1.29, 1.82) is 0 Å². The third-order valence-electron chi connectivity index (χ3n) is 3.25. The van der Waals surface area contributed by atoms with Gasteiger partial charge in [0.25, 0.3) is 0 Å². The van der Waals surface area contributed by atoms with Gasteiger partial charge in [0.2, 0.25) is 0 Å². The molecule has 0 radical (unpaired) electrons. The van der Waals surface area contributed by atoms with Crippen molar-refractivity contribution in [2.45, 2.75) is 20.0 Å². The van der Waals surface area contributed by atoms with Gasteiger partial charge in [-0.25, -0.2) is 0 Å². The van der Waals surface area contributed by atoms with E-state index >= 15 is 0 Å². The van der Waals surface area contributed by atoms with E-state index in [1.165, 1.54) is 0 Å². The molecule has 0 saturated carbocycles. The molecule has 2 rings (SSSR count). The topological polar surface area (TPSA) is 42.4 Å². The molecular formula is C15H16ClNO2. The lowest BCUT2D eigenvalue weighted by atomic mass is 9.98. The van der Waals surface area contributed by atoms with Crippen LogP contribution in [0.5, 0.6) is 5.75 Å². The lowest BCUT2D eigenvalue weighted by Crippen LogP contribution is -2.06. The van der Waals surface area contributed by atoms with E-state index in [1.54, 1.807) is 25.4 Å². The second kappa shape index (κ2) is 5.59. The maximum Gasteiger partial charge on any atom is 0.128 e. The smallest absolute Gasteiger partial charge is 0.128 e. The molecule has 19 heavy (non-hydrogen) atoms. The molecule has 0 fully saturated rings. The van der Waals surface area contributed by atoms with Crippen LogP contribution in [0.1, 0.15) is 28.5 Å². The van der Waals surface area contributed by atoms with E-state index in [1.807, 2.05) is 26.0 Å². The summed E-state index contributed by atoms with van der Waals surface area (Å²) in [6.07, 6.45) is 0.709. The van der Waals surface area contributed by atoms with Crippen LogP contribution in [0, 0.1) is 13.8 Å². The van der Waals surface area contributed by atoms with E-state index in [0.29, 0.717) is 22.0 Å². The molecule has 1 unspecified atom stereocenters. The van der Waals surface area contributed by atoms with Gasteiger partial charge >= 0.3 is 0 Å². The van der Waals surface area contributed by atoms with Gasteiger partial charge in [-0.2, -0.15) is 0 Å². The van der Waals surface area contributed by atoms with Gasteiger partial charge in [-0.1, -0.05) is 23.7 Å². The van der Waals surface area contributed by atoms with Crippen LogP contribution in [0.15, 0.2) is 30.5 Å². The van der Waals surface area contributed by atoms with Crippen LogP contribution in [0.4, 0.5) is 0 Å². The zero-order valence-electron chi connectivity index (χ0n) is 11.1. The second-order valence-corrected chi connectivity index (χ2v) is 4.81. The molecule has 2 aromatic rings. The van der Waals surface area contributed by atoms with Crippen molar-refractivity contribution >= 4 is 11.6 Å². The summed E-state index contributed by atoms with van der Waals surface area (Å²) in [5.74, 6) is 0.675. The van der Waals surface area contributed by atoms with E-state index in [-0.39, 0.29) is 0 Å². The van der Waals surface area contributed by atoms with E-state index < -0.39 is 6.10 Å². The summed E-state index contributed by atoms with van der Waals surface area (Å²) in [6.45, 7) is 3.96. The molecule has 0 spiro atoms. The summed E-state index contributed by atoms with van der Waals surface area (Å²) < 4.78 is 5.41. The first kappa shape index (κ1) is 13.8. The third-order valence-corrected chi connectivity index (χ3v) is 3.57. The van der Waals surface area contributed by atoms with Crippen LogP contribution < -0.4 is 4.74 Å². The Morgan fingerprint density at radius 2 is 2.00 bits per heavy atom. The quantitative estimate of drug-likeness (QED) is 0.934. The lowest BCUT2D eigenvalue weighted by Gasteiger charge is -2.18. The maximum absolute atomic E-state index is 10.5. The molecule has 100 valence electrons. The number of rotatable bonds is 3. The van der Waals surface area contributed by atoms with Crippen molar-refractivity contribution in [3.05, 3.63) is 57.9 Å². The van der Waals surface area contributed by atoms with Gasteiger partial charge in [0, 0.05) is 11.8 Å². The van der Waals surface area contributed by atoms with Crippen molar-refractivity contribution in [3.63, 3.8) is 0 Å². The maximum atomic E-state index is 10.5. The zero-order valence-corrected chi connectivity index (χ0v) is 11.9. The molecule has 4 heteroatoms. The van der Waals surface area contributed by atoms with Gasteiger partial charge in [0.1, 0.15) is 11.9 Å². The molecule has 1 heterocycles. The highest BCUT2D eigenvalue weighted by Crippen LogP contribution is 2.35. The predicted octanol–water partition coefficient (Wildman–Crippen LogP) is 3.44. The molecule has 0 aliphatic carbocycles. The summed E-state index contributed by atoms with van der Waals surface area (Å²) in [7, 11) is 1.60. The summed E-state index contributed by atoms with van der Waals surface area (Å²) >= 11 is 6.07. The van der Waals surface area contributed by atoms with Gasteiger partial charge in [0.15, 0.2) is 0 Å². The number of hydrogen-bond donors (Lipinski definition) is 1. The Balaban J connectivity index is 2.53. The molecular weight excluding hydrogens is 262 g/mol. The van der Waals surface area contributed by atoms with Crippen molar-refractivity contribution in [1.82, 2.24) is 4.98 Å². The van der Waals surface area contributed by atoms with Gasteiger partial charge in [-0.3, -0.25) is 4.98 Å². The Labute approximate surface area is 117 Å². The fourth-order valence-electron chi connectivity index (χ4n) is 2.04. The monoisotopic (exact) mass is 277 g/mol. The van der Waals surface area contributed by atoms with Gasteiger partial charge in [0.05, 0.1) is 17.8 Å². The molecule has 1 N–H and O–H groups in total. The number of benzene rings is 1. The van der Waals surface area contributed by atoms with Crippen LogP contribution >= 0.6 is 11.6 Å². The molecule has 0 amide bonds. The second-order valence-electron chi connectivity index (χ2n) is 4.40. The number of aromatic nitrogens is 1. The molecule has 3 nitrogen and oxygen atoms in total. The minimum Gasteiger partial charge on any atom is -0.496 e. The van der Waals surface area contributed by atoms with Crippen LogP contribution in [0.2, 0.25) is 5.02 Å². The van der Waals surface area contributed by atoms with Crippen LogP contribution in [0.3, 0.4) is 0 Å². The summed E-state index contributed by atoms with van der Waals surface area (Å²) in [5, 5.41) is 10.9. The molecule has 1 aromatic carbocycles. The number of halogens is 1. The van der Waals surface area contributed by atoms with Crippen molar-refractivity contribution in [2.75, 3.05) is 7.11 Å². The standard InChI is InChI=1S/C15H16ClNO2/c1-9-6-7-11(15(19-3)10(9)2)14(18)13-12(16)5-4-8-17-13/h4-8,14,18H,1-3H3. The fourth-order valence-corrected chi connectivity index (χ4v) is 2.27. The minimum atomic E-state index is -0.900. The van der Waals surface area contributed by atoms with Crippen LogP contribution in [-0.4, -0.2) is 17.2 Å². The van der Waals surface area contributed by atoms with Gasteiger partial charge < -0.3 is 9.84 Å². The summed E-state index contributed by atoms with van der Waals surface area (Å²) in [6, 6.07) is 7.24. The highest BCUT2D eigenvalue weighted by molar-refractivity contribution is 6.31. The number of aliphatic hydroxyl groups excluding tert-OH is 1. The normalized spacial score (nSPS) is 12.3. The number of pyridine rings is 1. The molecule has 0 aliphatic rings. The van der Waals surface area contributed by atoms with E-state index in [2.05, 4.69) is 4.98 Å². The van der Waals surface area contributed by atoms with E-state index in [9.17, 15) is 5.11 Å². The average Bonchev–Trinajstić information content (AvgIpc) is 2.41. The highest BCUT2D eigenvalue weighted by atomic mass is 35.5. The van der Waals surface area contributed by atoms with Crippen molar-refractivity contribution in [3.8, 4) is 5.75 Å². The Bertz CT molecular complexity index is 599. The Hall–Kier alpha value is -1.58. The molecule has 1 aromatic heterocycles. The van der Waals surface area contributed by atoms with E-state index in [4.69, 9.17) is 16.3 Å². The molecule has 0 aliphatic heterocycles. The largest absolute Gasteiger partial charge is 0.496 e. The minimum absolute atomic E-state index is 0.436. The molecule has 1 atom stereocenters. The highest BCUT2D eigenvalue weighted by Gasteiger charge is 2.20. The summed E-state index contributed by atoms with van der Waals surface area (Å²) in [4.78, 5) is 4.14. The summed E-state index contributed by atoms with van der Waals surface area (Å²) in [5.41, 5.74) is 3.22. The number of ether oxygens (including phenoxy) is 1. The van der Waals surface area contributed by atoms with Gasteiger partial charge in [-0.05, 0) is 37.1 Å². The Kier molecular flexibility index (Phi) is 4.08. The first-order valence-electron chi connectivity index (χ1n) is 5.98. The van der Waals surface area contributed by atoms with Crippen molar-refractivity contribution in [2.24, 2.45) is 0 Å². The predicted molar refractivity (Wildman–Crippen MR) is 75.8 cm³/mol. The first-order valence-corrected chi connectivity index (χ1v) is 6.36. The molecule has 0 bridgehead atoms. The third kappa shape index (κ3) is 2.57. The SMILES string of the molecule is COc1c(C(O)c2ncccc2Cl)ccc(C)c1C. The number of aliphatic hydroxyl groups is 1. The lowest BCUT2D eigenvalue weighted by molar-refractivity contribution is 0.210. The van der Waals surface area contributed by atoms with Gasteiger partial charge in [-0.15, -0.1) is 0 Å². The van der Waals surface area contributed by atoms with E-state index in [0.717, 1.165) is 11.1 Å². The number of hydrogen-bond acceptors (Lipinski definition) is 3. The van der Waals surface area contributed by atoms with Crippen LogP contribution in [-0.2, 0) is 0 Å². The number of nitrogens with zero attached hydrogens (tertiary/aromatic N) is 1. The average molecular weight is 278 g/mol. The molecule has 0 saturated heterocycles. The number of methoxy groups -OCH3 is 1. The Morgan fingerprint density at radius 1 is 1.26 bits per heavy atom. The van der Waals surface area contributed by atoms with Crippen LogP contribution in [0.25, 0.3) is 0 Å². The van der Waals surface area contributed by atoms with Crippen molar-refractivity contribution < 1.29 is 9.84 Å². The first-order chi connectivity index (χ1) is 9.06. The number of aryl methyl sites for hydroxylation is 1. The Morgan fingerprint density at radius 3 is 2.63 bits per heavy atom. The fraction of sp³-hybridized carbons (Fsp3) is 0.267. The zero-order chi connectivity index (χ0) is 14.0.